The Labute approximate surface area is 180 Å². The summed E-state index contributed by atoms with van der Waals surface area (Å²) in [4.78, 5) is 31.7. The second kappa shape index (κ2) is 8.45. The summed E-state index contributed by atoms with van der Waals surface area (Å²) >= 11 is 5.96. The maximum atomic E-state index is 12.5. The Kier molecular flexibility index (Phi) is 5.74. The molecule has 1 spiro atoms. The number of piperidine rings is 1. The number of ether oxygens (including phenoxy) is 1. The lowest BCUT2D eigenvalue weighted by Crippen LogP contribution is -2.52. The fourth-order valence-corrected chi connectivity index (χ4v) is 3.99. The molecule has 0 saturated carbocycles. The number of likely N-dealkylation sites (tertiary alicyclic amines) is 1. The number of rotatable bonds is 5. The second-order valence-electron chi connectivity index (χ2n) is 7.51. The van der Waals surface area contributed by atoms with Crippen LogP contribution in [-0.4, -0.2) is 54.8 Å². The van der Waals surface area contributed by atoms with E-state index in [-0.39, 0.29) is 18.4 Å². The first kappa shape index (κ1) is 20.4. The number of aliphatic imine (C=N–C) groups is 1. The molecule has 0 bridgehead atoms. The molecule has 8 heteroatoms. The molecule has 2 N–H and O–H groups in total. The molecule has 156 valence electrons. The largest absolute Gasteiger partial charge is 0.497 e. The van der Waals surface area contributed by atoms with Crippen LogP contribution in [0, 0.1) is 0 Å². The minimum absolute atomic E-state index is 0.0916. The van der Waals surface area contributed by atoms with Crippen LogP contribution in [-0.2, 0) is 9.59 Å². The van der Waals surface area contributed by atoms with Gasteiger partial charge in [-0.3, -0.25) is 19.5 Å². The molecular weight excluding hydrogens is 404 g/mol. The normalized spacial score (nSPS) is 18.1. The van der Waals surface area contributed by atoms with E-state index in [0.29, 0.717) is 42.4 Å². The van der Waals surface area contributed by atoms with Crippen molar-refractivity contribution >= 4 is 34.8 Å². The number of nitrogens with one attached hydrogen (secondary N) is 2. The molecule has 1 saturated heterocycles. The van der Waals surface area contributed by atoms with Crippen LogP contribution >= 0.6 is 11.6 Å². The molecule has 0 atom stereocenters. The summed E-state index contributed by atoms with van der Waals surface area (Å²) in [6, 6.07) is 14.4. The zero-order valence-electron chi connectivity index (χ0n) is 16.7. The van der Waals surface area contributed by atoms with E-state index in [9.17, 15) is 9.59 Å². The number of nitrogens with zero attached hydrogens (tertiary/aromatic N) is 2. The molecule has 0 aromatic heterocycles. The van der Waals surface area contributed by atoms with E-state index in [2.05, 4.69) is 15.5 Å². The number of halogens is 1. The van der Waals surface area contributed by atoms with Crippen molar-refractivity contribution in [3.8, 4) is 5.75 Å². The molecule has 7 nitrogen and oxygen atoms in total. The third kappa shape index (κ3) is 4.47. The van der Waals surface area contributed by atoms with Crippen molar-refractivity contribution < 1.29 is 14.3 Å². The topological polar surface area (TPSA) is 83.0 Å². The molecule has 2 heterocycles. The molecule has 1 fully saturated rings. The van der Waals surface area contributed by atoms with E-state index in [4.69, 9.17) is 21.3 Å². The quantitative estimate of drug-likeness (QED) is 0.770. The van der Waals surface area contributed by atoms with Crippen LogP contribution in [0.2, 0.25) is 5.02 Å². The van der Waals surface area contributed by atoms with Crippen molar-refractivity contribution in [1.82, 2.24) is 10.2 Å². The third-order valence-electron chi connectivity index (χ3n) is 5.41. The van der Waals surface area contributed by atoms with Crippen molar-refractivity contribution in [3.63, 3.8) is 0 Å². The highest BCUT2D eigenvalue weighted by molar-refractivity contribution is 6.46. The molecule has 2 amide bonds. The lowest BCUT2D eigenvalue weighted by Gasteiger charge is -2.36. The van der Waals surface area contributed by atoms with Gasteiger partial charge in [-0.2, -0.15) is 0 Å². The van der Waals surface area contributed by atoms with Gasteiger partial charge in [0.25, 0.3) is 5.91 Å². The first-order chi connectivity index (χ1) is 14.5. The molecule has 0 aliphatic carbocycles. The lowest BCUT2D eigenvalue weighted by molar-refractivity contribution is -0.119. The first-order valence-corrected chi connectivity index (χ1v) is 10.2. The fraction of sp³-hybridized carbons (Fsp3) is 0.318. The Hall–Kier alpha value is -2.90. The van der Waals surface area contributed by atoms with Crippen LogP contribution in [0.4, 0.5) is 5.69 Å². The summed E-state index contributed by atoms with van der Waals surface area (Å²) in [5.41, 5.74) is 1.31. The average molecular weight is 427 g/mol. The van der Waals surface area contributed by atoms with E-state index in [0.717, 1.165) is 11.3 Å². The molecule has 0 unspecified atom stereocenters. The Morgan fingerprint density at radius 1 is 1.23 bits per heavy atom. The number of carbonyl (C=O) groups excluding carboxylic acids is 2. The summed E-state index contributed by atoms with van der Waals surface area (Å²) in [7, 11) is 1.60. The number of methoxy groups -OCH3 is 1. The number of benzene rings is 2. The monoisotopic (exact) mass is 426 g/mol. The molecule has 2 aliphatic rings. The smallest absolute Gasteiger partial charge is 0.272 e. The van der Waals surface area contributed by atoms with Crippen LogP contribution in [0.15, 0.2) is 53.5 Å². The molecule has 30 heavy (non-hydrogen) atoms. The Morgan fingerprint density at radius 2 is 1.97 bits per heavy atom. The van der Waals surface area contributed by atoms with Gasteiger partial charge < -0.3 is 15.4 Å². The van der Waals surface area contributed by atoms with Crippen LogP contribution in [0.3, 0.4) is 0 Å². The van der Waals surface area contributed by atoms with Crippen molar-refractivity contribution in [2.24, 2.45) is 4.99 Å². The van der Waals surface area contributed by atoms with Gasteiger partial charge in [0, 0.05) is 42.2 Å². The molecular formula is C22H23ClN4O3. The number of hydrogen-bond donors (Lipinski definition) is 2. The zero-order chi connectivity index (χ0) is 21.1. The van der Waals surface area contributed by atoms with E-state index in [1.165, 1.54) is 0 Å². The fourth-order valence-electron chi connectivity index (χ4n) is 3.80. The highest BCUT2D eigenvalue weighted by atomic mass is 35.5. The third-order valence-corrected chi connectivity index (χ3v) is 5.64. The van der Waals surface area contributed by atoms with E-state index >= 15 is 0 Å². The maximum absolute atomic E-state index is 12.5. The van der Waals surface area contributed by atoms with Crippen LogP contribution < -0.4 is 15.4 Å². The van der Waals surface area contributed by atoms with Crippen molar-refractivity contribution in [1.29, 1.82) is 0 Å². The summed E-state index contributed by atoms with van der Waals surface area (Å²) in [6.45, 7) is 1.62. The van der Waals surface area contributed by atoms with Crippen molar-refractivity contribution in [2.45, 2.75) is 18.5 Å². The summed E-state index contributed by atoms with van der Waals surface area (Å²) in [5.74, 6) is 0.482. The van der Waals surface area contributed by atoms with Crippen molar-refractivity contribution in [2.75, 3.05) is 32.1 Å². The minimum atomic E-state index is -0.591. The summed E-state index contributed by atoms with van der Waals surface area (Å²) < 4.78 is 5.17. The Morgan fingerprint density at radius 3 is 2.63 bits per heavy atom. The SMILES string of the molecule is COc1ccc(C2=NC3(CCN(CC(=O)Nc4cccc(Cl)c4)CC3)NC2=O)cc1. The number of carbonyl (C=O) groups is 2. The van der Waals surface area contributed by atoms with Gasteiger partial charge in [-0.15, -0.1) is 0 Å². The number of anilines is 1. The molecule has 4 rings (SSSR count). The standard InChI is InChI=1S/C22H23ClN4O3/c1-30-18-7-5-15(6-8-18)20-21(29)26-22(25-20)9-11-27(12-10-22)14-19(28)24-17-4-2-3-16(23)13-17/h2-8,13H,9-12,14H2,1H3,(H,24,28)(H,26,29). The van der Waals surface area contributed by atoms with E-state index in [1.54, 1.807) is 31.4 Å². The Bertz CT molecular complexity index is 982. The summed E-state index contributed by atoms with van der Waals surface area (Å²) in [5, 5.41) is 6.49. The number of hydrogen-bond acceptors (Lipinski definition) is 5. The van der Waals surface area contributed by atoms with Crippen LogP contribution in [0.5, 0.6) is 5.75 Å². The van der Waals surface area contributed by atoms with Crippen LogP contribution in [0.25, 0.3) is 0 Å². The van der Waals surface area contributed by atoms with Gasteiger partial charge in [-0.25, -0.2) is 0 Å². The minimum Gasteiger partial charge on any atom is -0.497 e. The van der Waals surface area contributed by atoms with E-state index in [1.807, 2.05) is 24.3 Å². The van der Waals surface area contributed by atoms with Gasteiger partial charge in [0.2, 0.25) is 5.91 Å². The lowest BCUT2D eigenvalue weighted by atomic mass is 9.98. The first-order valence-electron chi connectivity index (χ1n) is 9.81. The summed E-state index contributed by atoms with van der Waals surface area (Å²) in [6.07, 6.45) is 1.31. The average Bonchev–Trinajstić information content (AvgIpc) is 3.06. The van der Waals surface area contributed by atoms with Gasteiger partial charge in [0.1, 0.15) is 17.1 Å². The van der Waals surface area contributed by atoms with Gasteiger partial charge in [-0.1, -0.05) is 17.7 Å². The highest BCUT2D eigenvalue weighted by Gasteiger charge is 2.42. The molecule has 2 aromatic carbocycles. The maximum Gasteiger partial charge on any atom is 0.272 e. The molecule has 2 aliphatic heterocycles. The predicted octanol–water partition coefficient (Wildman–Crippen LogP) is 2.70. The van der Waals surface area contributed by atoms with Gasteiger partial charge in [-0.05, 0) is 42.5 Å². The molecule has 2 aromatic rings. The second-order valence-corrected chi connectivity index (χ2v) is 7.95. The zero-order valence-corrected chi connectivity index (χ0v) is 17.4. The predicted molar refractivity (Wildman–Crippen MR) is 116 cm³/mol. The Balaban J connectivity index is 1.35. The molecule has 0 radical (unpaired) electrons. The van der Waals surface area contributed by atoms with Crippen LogP contribution in [0.1, 0.15) is 18.4 Å². The van der Waals surface area contributed by atoms with Gasteiger partial charge >= 0.3 is 0 Å². The van der Waals surface area contributed by atoms with Gasteiger partial charge in [0.05, 0.1) is 13.7 Å². The van der Waals surface area contributed by atoms with E-state index < -0.39 is 5.66 Å². The number of amides is 2. The highest BCUT2D eigenvalue weighted by Crippen LogP contribution is 2.29. The van der Waals surface area contributed by atoms with Gasteiger partial charge in [0.15, 0.2) is 0 Å². The van der Waals surface area contributed by atoms with Crippen molar-refractivity contribution in [3.05, 3.63) is 59.1 Å².